The molecular formula is C19H25N3OS2. The predicted octanol–water partition coefficient (Wildman–Crippen LogP) is 4.34. The van der Waals surface area contributed by atoms with Crippen LogP contribution < -0.4 is 5.32 Å². The van der Waals surface area contributed by atoms with Crippen LogP contribution in [-0.2, 0) is 17.8 Å². The van der Waals surface area contributed by atoms with E-state index >= 15 is 0 Å². The number of aromatic nitrogens is 1. The maximum Gasteiger partial charge on any atom is 0.226 e. The van der Waals surface area contributed by atoms with Crippen molar-refractivity contribution in [2.24, 2.45) is 0 Å². The summed E-state index contributed by atoms with van der Waals surface area (Å²) in [6, 6.07) is 8.41. The molecular weight excluding hydrogens is 350 g/mol. The fraction of sp³-hybridized carbons (Fsp3) is 0.474. The van der Waals surface area contributed by atoms with E-state index in [2.05, 4.69) is 53.3 Å². The Morgan fingerprint density at radius 1 is 1.36 bits per heavy atom. The van der Waals surface area contributed by atoms with Crippen LogP contribution in [0.25, 0.3) is 0 Å². The van der Waals surface area contributed by atoms with Crippen LogP contribution in [0.5, 0.6) is 0 Å². The molecule has 1 aliphatic rings. The maximum absolute atomic E-state index is 12.2. The molecule has 1 aliphatic heterocycles. The number of nitrogens with one attached hydrogen (secondary N) is 1. The number of anilines is 1. The van der Waals surface area contributed by atoms with Crippen LogP contribution in [0, 0.1) is 6.92 Å². The lowest BCUT2D eigenvalue weighted by molar-refractivity contribution is -0.115. The summed E-state index contributed by atoms with van der Waals surface area (Å²) in [6.45, 7) is 7.47. The molecule has 0 saturated heterocycles. The quantitative estimate of drug-likeness (QED) is 0.731. The van der Waals surface area contributed by atoms with Gasteiger partial charge in [-0.1, -0.05) is 24.6 Å². The van der Waals surface area contributed by atoms with Gasteiger partial charge in [-0.25, -0.2) is 4.98 Å². The molecule has 0 atom stereocenters. The first-order chi connectivity index (χ1) is 12.1. The Kier molecular flexibility index (Phi) is 6.51. The van der Waals surface area contributed by atoms with Gasteiger partial charge in [0.1, 0.15) is 0 Å². The molecule has 134 valence electrons. The molecule has 0 unspecified atom stereocenters. The fourth-order valence-corrected chi connectivity index (χ4v) is 4.81. The number of carbonyl (C=O) groups is 1. The zero-order valence-corrected chi connectivity index (χ0v) is 16.5. The standard InChI is InChI=1S/C19H25N3OS2/c1-3-10-22-11-8-16-17(13-22)25-19(20-16)21-18(23)9-12-24-15-6-4-14(2)5-7-15/h4-7H,3,8-13H2,1-2H3,(H,20,21,23). The highest BCUT2D eigenvalue weighted by Crippen LogP contribution is 2.28. The van der Waals surface area contributed by atoms with Gasteiger partial charge in [0.2, 0.25) is 5.91 Å². The number of thiazole rings is 1. The first-order valence-electron chi connectivity index (χ1n) is 8.84. The smallest absolute Gasteiger partial charge is 0.226 e. The molecule has 0 bridgehead atoms. The monoisotopic (exact) mass is 375 g/mol. The number of nitrogens with zero attached hydrogens (tertiary/aromatic N) is 2. The van der Waals surface area contributed by atoms with Crippen molar-refractivity contribution < 1.29 is 4.79 Å². The summed E-state index contributed by atoms with van der Waals surface area (Å²) in [4.78, 5) is 21.8. The summed E-state index contributed by atoms with van der Waals surface area (Å²) in [5.74, 6) is 0.834. The van der Waals surface area contributed by atoms with Crippen LogP contribution >= 0.6 is 23.1 Å². The molecule has 0 fully saturated rings. The summed E-state index contributed by atoms with van der Waals surface area (Å²) >= 11 is 3.35. The number of aryl methyl sites for hydroxylation is 1. The van der Waals surface area contributed by atoms with E-state index in [0.29, 0.717) is 6.42 Å². The Bertz CT molecular complexity index is 712. The highest BCUT2D eigenvalue weighted by molar-refractivity contribution is 7.99. The van der Waals surface area contributed by atoms with Gasteiger partial charge in [-0.15, -0.1) is 23.1 Å². The highest BCUT2D eigenvalue weighted by Gasteiger charge is 2.20. The molecule has 1 aromatic heterocycles. The van der Waals surface area contributed by atoms with Crippen molar-refractivity contribution >= 4 is 34.1 Å². The SMILES string of the molecule is CCCN1CCc2nc(NC(=O)CCSc3ccc(C)cc3)sc2C1. The molecule has 6 heteroatoms. The third kappa shape index (κ3) is 5.30. The Balaban J connectivity index is 1.46. The molecule has 0 spiro atoms. The number of benzene rings is 1. The number of thioether (sulfide) groups is 1. The number of rotatable bonds is 7. The largest absolute Gasteiger partial charge is 0.302 e. The van der Waals surface area contributed by atoms with Crippen molar-refractivity contribution in [2.75, 3.05) is 24.2 Å². The molecule has 2 aromatic rings. The second kappa shape index (κ2) is 8.83. The third-order valence-electron chi connectivity index (χ3n) is 4.22. The van der Waals surface area contributed by atoms with Crippen molar-refractivity contribution in [3.63, 3.8) is 0 Å². The number of amides is 1. The molecule has 2 heterocycles. The molecule has 1 aromatic carbocycles. The number of hydrogen-bond donors (Lipinski definition) is 1. The number of hydrogen-bond acceptors (Lipinski definition) is 5. The Morgan fingerprint density at radius 3 is 2.92 bits per heavy atom. The van der Waals surface area contributed by atoms with Gasteiger partial charge < -0.3 is 5.32 Å². The minimum Gasteiger partial charge on any atom is -0.302 e. The summed E-state index contributed by atoms with van der Waals surface area (Å²) in [5, 5.41) is 3.74. The van der Waals surface area contributed by atoms with E-state index in [4.69, 9.17) is 0 Å². The lowest BCUT2D eigenvalue weighted by atomic mass is 10.2. The van der Waals surface area contributed by atoms with E-state index in [1.165, 1.54) is 27.5 Å². The Morgan fingerprint density at radius 2 is 2.16 bits per heavy atom. The molecule has 1 amide bonds. The summed E-state index contributed by atoms with van der Waals surface area (Å²) in [7, 11) is 0. The Hall–Kier alpha value is -1.37. The van der Waals surface area contributed by atoms with E-state index in [-0.39, 0.29) is 5.91 Å². The van der Waals surface area contributed by atoms with Crippen molar-refractivity contribution in [2.45, 2.75) is 44.6 Å². The minimum atomic E-state index is 0.0520. The van der Waals surface area contributed by atoms with Crippen LogP contribution in [0.2, 0.25) is 0 Å². The summed E-state index contributed by atoms with van der Waals surface area (Å²) < 4.78 is 0. The summed E-state index contributed by atoms with van der Waals surface area (Å²) in [6.07, 6.45) is 2.67. The lowest BCUT2D eigenvalue weighted by Crippen LogP contribution is -2.30. The highest BCUT2D eigenvalue weighted by atomic mass is 32.2. The van der Waals surface area contributed by atoms with Crippen LogP contribution in [0.15, 0.2) is 29.2 Å². The maximum atomic E-state index is 12.2. The molecule has 0 radical (unpaired) electrons. The molecule has 1 N–H and O–H groups in total. The van der Waals surface area contributed by atoms with Crippen molar-refractivity contribution in [1.82, 2.24) is 9.88 Å². The normalized spacial score (nSPS) is 14.3. The van der Waals surface area contributed by atoms with Gasteiger partial charge in [-0.05, 0) is 32.0 Å². The van der Waals surface area contributed by atoms with E-state index in [0.717, 1.165) is 36.9 Å². The van der Waals surface area contributed by atoms with Crippen LogP contribution in [0.4, 0.5) is 5.13 Å². The van der Waals surface area contributed by atoms with Crippen molar-refractivity contribution in [3.8, 4) is 0 Å². The predicted molar refractivity (Wildman–Crippen MR) is 107 cm³/mol. The van der Waals surface area contributed by atoms with Crippen LogP contribution in [-0.4, -0.2) is 34.6 Å². The van der Waals surface area contributed by atoms with Gasteiger partial charge in [-0.3, -0.25) is 9.69 Å². The van der Waals surface area contributed by atoms with Gasteiger partial charge in [0.05, 0.1) is 5.69 Å². The van der Waals surface area contributed by atoms with E-state index in [1.807, 2.05) is 0 Å². The zero-order valence-electron chi connectivity index (χ0n) is 14.9. The summed E-state index contributed by atoms with van der Waals surface area (Å²) in [5.41, 5.74) is 2.43. The van der Waals surface area contributed by atoms with E-state index in [1.54, 1.807) is 23.1 Å². The van der Waals surface area contributed by atoms with E-state index in [9.17, 15) is 4.79 Å². The van der Waals surface area contributed by atoms with Gasteiger partial charge in [-0.2, -0.15) is 0 Å². The minimum absolute atomic E-state index is 0.0520. The molecule has 25 heavy (non-hydrogen) atoms. The van der Waals surface area contributed by atoms with Gasteiger partial charge in [0.15, 0.2) is 5.13 Å². The molecule has 0 saturated carbocycles. The van der Waals surface area contributed by atoms with Gasteiger partial charge in [0.25, 0.3) is 0 Å². The first-order valence-corrected chi connectivity index (χ1v) is 10.6. The average Bonchev–Trinajstić information content (AvgIpc) is 2.98. The Labute approximate surface area is 158 Å². The third-order valence-corrected chi connectivity index (χ3v) is 6.23. The molecule has 4 nitrogen and oxygen atoms in total. The second-order valence-electron chi connectivity index (χ2n) is 6.37. The van der Waals surface area contributed by atoms with Crippen LogP contribution in [0.3, 0.4) is 0 Å². The van der Waals surface area contributed by atoms with Crippen molar-refractivity contribution in [3.05, 3.63) is 40.4 Å². The molecule has 0 aliphatic carbocycles. The first kappa shape index (κ1) is 18.4. The number of fused-ring (bicyclic) bond motifs is 1. The second-order valence-corrected chi connectivity index (χ2v) is 8.63. The topological polar surface area (TPSA) is 45.2 Å². The average molecular weight is 376 g/mol. The molecule has 3 rings (SSSR count). The van der Waals surface area contributed by atoms with Gasteiger partial charge >= 0.3 is 0 Å². The zero-order chi connectivity index (χ0) is 17.6. The lowest BCUT2D eigenvalue weighted by Gasteiger charge is -2.24. The van der Waals surface area contributed by atoms with E-state index < -0.39 is 0 Å². The fourth-order valence-electron chi connectivity index (χ4n) is 2.89. The van der Waals surface area contributed by atoms with Crippen LogP contribution in [0.1, 0.15) is 35.9 Å². The van der Waals surface area contributed by atoms with Crippen molar-refractivity contribution in [1.29, 1.82) is 0 Å². The number of carbonyl (C=O) groups excluding carboxylic acids is 1. The van der Waals surface area contributed by atoms with Gasteiger partial charge in [0, 0.05) is 41.5 Å².